The number of esters is 1. The smallest absolute Gasteiger partial charge is 0.306 e. The van der Waals surface area contributed by atoms with E-state index in [0.29, 0.717) is 13.0 Å². The molecule has 0 saturated heterocycles. The fourth-order valence-corrected chi connectivity index (χ4v) is 2.80. The van der Waals surface area contributed by atoms with Crippen LogP contribution in [0.1, 0.15) is 89.5 Å². The van der Waals surface area contributed by atoms with Crippen molar-refractivity contribution in [1.29, 1.82) is 0 Å². The van der Waals surface area contributed by atoms with Crippen LogP contribution >= 0.6 is 0 Å². The average Bonchev–Trinajstić information content (AvgIpc) is 2.70. The number of hydrogen-bond acceptors (Lipinski definition) is 3. The molecule has 0 aromatic carbocycles. The van der Waals surface area contributed by atoms with Gasteiger partial charge >= 0.3 is 5.97 Å². The third kappa shape index (κ3) is 14.9. The van der Waals surface area contributed by atoms with Gasteiger partial charge in [0, 0.05) is 18.8 Å². The van der Waals surface area contributed by atoms with Crippen molar-refractivity contribution >= 4 is 5.97 Å². The van der Waals surface area contributed by atoms with Gasteiger partial charge in [0.1, 0.15) is 6.61 Å². The topological polar surface area (TPSA) is 39.2 Å². The van der Waals surface area contributed by atoms with Gasteiger partial charge in [-0.2, -0.15) is 0 Å². The maximum Gasteiger partial charge on any atom is 0.306 e. The highest BCUT2D eigenvalue weighted by Crippen LogP contribution is 2.09. The Morgan fingerprint density at radius 2 is 1.52 bits per heavy atom. The number of pyridine rings is 1. The molecule has 0 fully saturated rings. The molecule has 0 unspecified atom stereocenters. The van der Waals surface area contributed by atoms with E-state index in [0.717, 1.165) is 31.2 Å². The van der Waals surface area contributed by atoms with Crippen LogP contribution in [0.25, 0.3) is 0 Å². The van der Waals surface area contributed by atoms with E-state index in [4.69, 9.17) is 4.74 Å². The van der Waals surface area contributed by atoms with E-state index in [1.54, 1.807) is 12.4 Å². The van der Waals surface area contributed by atoms with Crippen LogP contribution in [0.5, 0.6) is 0 Å². The Bertz CT molecular complexity index is 522. The zero-order valence-electron chi connectivity index (χ0n) is 17.1. The Kier molecular flexibility index (Phi) is 15.0. The van der Waals surface area contributed by atoms with Crippen molar-refractivity contribution in [2.24, 2.45) is 0 Å². The lowest BCUT2D eigenvalue weighted by atomic mass is 10.1. The highest BCUT2D eigenvalue weighted by molar-refractivity contribution is 5.69. The molecule has 0 atom stereocenters. The lowest BCUT2D eigenvalue weighted by molar-refractivity contribution is -0.145. The Morgan fingerprint density at radius 3 is 2.22 bits per heavy atom. The summed E-state index contributed by atoms with van der Waals surface area (Å²) in [5.41, 5.74) is 0.985. The lowest BCUT2D eigenvalue weighted by Crippen LogP contribution is -2.04. The van der Waals surface area contributed by atoms with Crippen LogP contribution in [0.15, 0.2) is 48.8 Å². The van der Waals surface area contributed by atoms with E-state index in [1.165, 1.54) is 44.9 Å². The lowest BCUT2D eigenvalue weighted by Gasteiger charge is -2.04. The minimum atomic E-state index is -0.0995. The molecule has 0 N–H and O–H groups in total. The van der Waals surface area contributed by atoms with Crippen LogP contribution in [-0.4, -0.2) is 11.0 Å². The van der Waals surface area contributed by atoms with Gasteiger partial charge in [0.15, 0.2) is 0 Å². The molecule has 150 valence electrons. The number of unbranched alkanes of at least 4 members (excludes halogenated alkanes) is 8. The molecule has 0 bridgehead atoms. The maximum atomic E-state index is 11.7. The number of allylic oxidation sites excluding steroid dienone is 4. The molecule has 0 radical (unpaired) electrons. The number of carbonyl (C=O) groups excluding carboxylic acids is 1. The number of aromatic nitrogens is 1. The molecule has 0 aliphatic heterocycles. The second-order valence-corrected chi connectivity index (χ2v) is 7.00. The number of rotatable bonds is 16. The molecule has 3 heteroatoms. The van der Waals surface area contributed by atoms with Gasteiger partial charge in [0.05, 0.1) is 0 Å². The molecular weight excluding hydrogens is 334 g/mol. The fourth-order valence-electron chi connectivity index (χ4n) is 2.80. The Labute approximate surface area is 165 Å². The summed E-state index contributed by atoms with van der Waals surface area (Å²) in [5, 5.41) is 0. The van der Waals surface area contributed by atoms with Crippen molar-refractivity contribution < 1.29 is 9.53 Å². The summed E-state index contributed by atoms with van der Waals surface area (Å²) in [6.45, 7) is 2.59. The average molecular weight is 372 g/mol. The van der Waals surface area contributed by atoms with Crippen LogP contribution in [0.2, 0.25) is 0 Å². The first-order valence-electron chi connectivity index (χ1n) is 10.7. The SMILES string of the molecule is CCCCC/C=C\C/C=C\CCCCCCCC(=O)OCc1ccncc1. The number of carbonyl (C=O) groups is 1. The highest BCUT2D eigenvalue weighted by Gasteiger charge is 2.03. The summed E-state index contributed by atoms with van der Waals surface area (Å²) >= 11 is 0. The minimum Gasteiger partial charge on any atom is -0.461 e. The quantitative estimate of drug-likeness (QED) is 0.179. The minimum absolute atomic E-state index is 0.0995. The molecule has 0 spiro atoms. The van der Waals surface area contributed by atoms with Crippen LogP contribution in [0.3, 0.4) is 0 Å². The van der Waals surface area contributed by atoms with Crippen molar-refractivity contribution in [2.45, 2.75) is 90.6 Å². The van der Waals surface area contributed by atoms with E-state index >= 15 is 0 Å². The zero-order valence-corrected chi connectivity index (χ0v) is 17.1. The van der Waals surface area contributed by atoms with Crippen molar-refractivity contribution in [3.05, 3.63) is 54.4 Å². The molecule has 0 saturated carbocycles. The first kappa shape index (κ1) is 23.1. The Balaban J connectivity index is 1.85. The zero-order chi connectivity index (χ0) is 19.4. The summed E-state index contributed by atoms with van der Waals surface area (Å²) in [4.78, 5) is 15.6. The molecule has 0 aliphatic rings. The molecule has 0 aliphatic carbocycles. The second-order valence-electron chi connectivity index (χ2n) is 7.00. The molecule has 27 heavy (non-hydrogen) atoms. The second kappa shape index (κ2) is 17.5. The van der Waals surface area contributed by atoms with Gasteiger partial charge in [0.2, 0.25) is 0 Å². The third-order valence-corrected chi connectivity index (χ3v) is 4.48. The summed E-state index contributed by atoms with van der Waals surface area (Å²) in [6, 6.07) is 3.73. The third-order valence-electron chi connectivity index (χ3n) is 4.48. The Morgan fingerprint density at radius 1 is 0.889 bits per heavy atom. The van der Waals surface area contributed by atoms with Crippen LogP contribution in [0.4, 0.5) is 0 Å². The normalized spacial score (nSPS) is 11.4. The van der Waals surface area contributed by atoms with Gasteiger partial charge in [-0.25, -0.2) is 0 Å². The van der Waals surface area contributed by atoms with Crippen LogP contribution in [-0.2, 0) is 16.1 Å². The summed E-state index contributed by atoms with van der Waals surface area (Å²) in [6.07, 6.45) is 26.2. The van der Waals surface area contributed by atoms with Crippen molar-refractivity contribution in [2.75, 3.05) is 0 Å². The molecule has 1 aromatic heterocycles. The first-order chi connectivity index (χ1) is 13.3. The van der Waals surface area contributed by atoms with E-state index in [2.05, 4.69) is 36.2 Å². The first-order valence-corrected chi connectivity index (χ1v) is 10.7. The summed E-state index contributed by atoms with van der Waals surface area (Å²) < 4.78 is 5.27. The molecule has 1 aromatic rings. The van der Waals surface area contributed by atoms with E-state index in [1.807, 2.05) is 12.1 Å². The molecule has 1 rings (SSSR count). The number of nitrogens with zero attached hydrogens (tertiary/aromatic N) is 1. The molecular formula is C24H37NO2. The predicted octanol–water partition coefficient (Wildman–Crippen LogP) is 6.94. The van der Waals surface area contributed by atoms with Crippen LogP contribution in [0, 0.1) is 0 Å². The van der Waals surface area contributed by atoms with Crippen molar-refractivity contribution in [3.8, 4) is 0 Å². The summed E-state index contributed by atoms with van der Waals surface area (Å²) in [7, 11) is 0. The van der Waals surface area contributed by atoms with Crippen molar-refractivity contribution in [1.82, 2.24) is 4.98 Å². The Hall–Kier alpha value is -1.90. The van der Waals surface area contributed by atoms with E-state index in [-0.39, 0.29) is 5.97 Å². The molecule has 3 nitrogen and oxygen atoms in total. The van der Waals surface area contributed by atoms with Gasteiger partial charge in [-0.1, -0.05) is 63.3 Å². The molecule has 0 amide bonds. The number of hydrogen-bond donors (Lipinski definition) is 0. The van der Waals surface area contributed by atoms with Gasteiger partial charge in [-0.3, -0.25) is 9.78 Å². The van der Waals surface area contributed by atoms with Gasteiger partial charge < -0.3 is 4.74 Å². The molecule has 1 heterocycles. The van der Waals surface area contributed by atoms with Gasteiger partial charge in [-0.05, 0) is 56.2 Å². The van der Waals surface area contributed by atoms with Gasteiger partial charge in [-0.15, -0.1) is 0 Å². The standard InChI is InChI=1S/C24H37NO2/c1-2-3-4-5-6-7-8-9-10-11-12-13-14-15-16-17-24(26)27-22-23-18-20-25-21-19-23/h6-7,9-10,18-21H,2-5,8,11-17,22H2,1H3/b7-6-,10-9-. The maximum absolute atomic E-state index is 11.7. The summed E-state index contributed by atoms with van der Waals surface area (Å²) in [5.74, 6) is -0.0995. The number of ether oxygens (including phenoxy) is 1. The van der Waals surface area contributed by atoms with Crippen LogP contribution < -0.4 is 0 Å². The van der Waals surface area contributed by atoms with E-state index < -0.39 is 0 Å². The predicted molar refractivity (Wildman–Crippen MR) is 113 cm³/mol. The highest BCUT2D eigenvalue weighted by atomic mass is 16.5. The van der Waals surface area contributed by atoms with Gasteiger partial charge in [0.25, 0.3) is 0 Å². The van der Waals surface area contributed by atoms with Crippen molar-refractivity contribution in [3.63, 3.8) is 0 Å². The monoisotopic (exact) mass is 371 g/mol. The fraction of sp³-hybridized carbons (Fsp3) is 0.583. The largest absolute Gasteiger partial charge is 0.461 e. The van der Waals surface area contributed by atoms with E-state index in [9.17, 15) is 4.79 Å².